The maximum Gasteiger partial charge on any atom is 0.273 e. The molecule has 1 unspecified atom stereocenters. The van der Waals surface area contributed by atoms with Crippen LogP contribution in [0, 0.1) is 17.0 Å². The molecule has 0 aliphatic rings. The van der Waals surface area contributed by atoms with E-state index in [0.717, 1.165) is 29.7 Å². The Labute approximate surface area is 152 Å². The van der Waals surface area contributed by atoms with Crippen LogP contribution in [-0.2, 0) is 4.74 Å². The predicted molar refractivity (Wildman–Crippen MR) is 97.2 cm³/mol. The molecule has 7 nitrogen and oxygen atoms in total. The molecule has 4 N–H and O–H groups in total. The first-order valence-electron chi connectivity index (χ1n) is 7.49. The Hall–Kier alpha value is -2.72. The Bertz CT molecular complexity index is 805. The fourth-order valence-corrected chi connectivity index (χ4v) is 2.85. The van der Waals surface area contributed by atoms with Gasteiger partial charge >= 0.3 is 0 Å². The normalized spacial score (nSPS) is 12.3. The molecule has 138 valence electrons. The van der Waals surface area contributed by atoms with Crippen molar-refractivity contribution in [3.05, 3.63) is 35.5 Å². The van der Waals surface area contributed by atoms with Crippen molar-refractivity contribution >= 4 is 34.7 Å². The Kier molecular flexibility index (Phi) is 6.87. The molecular formula is C16H17F2N5O2S. The van der Waals surface area contributed by atoms with Crippen molar-refractivity contribution < 1.29 is 18.3 Å². The number of rotatable bonds is 8. The second-order valence-electron chi connectivity index (χ2n) is 5.04. The summed E-state index contributed by atoms with van der Waals surface area (Å²) < 4.78 is 32.6. The Morgan fingerprint density at radius 3 is 2.81 bits per heavy atom. The zero-order valence-electron chi connectivity index (χ0n) is 13.8. The molecular weight excluding hydrogens is 364 g/mol. The van der Waals surface area contributed by atoms with Crippen molar-refractivity contribution in [2.45, 2.75) is 6.04 Å². The molecule has 0 saturated heterocycles. The first-order valence-corrected chi connectivity index (χ1v) is 8.30. The largest absolute Gasteiger partial charge is 0.389 e. The molecule has 0 bridgehead atoms. The molecule has 0 fully saturated rings. The highest BCUT2D eigenvalue weighted by Gasteiger charge is 2.22. The fourth-order valence-electron chi connectivity index (χ4n) is 1.98. The van der Waals surface area contributed by atoms with Crippen LogP contribution < -0.4 is 11.1 Å². The third-order valence-electron chi connectivity index (χ3n) is 3.21. The first-order chi connectivity index (χ1) is 12.5. The number of nitrogens with two attached hydrogens (primary N) is 1. The standard InChI is InChI=1S/C16H17F2N5O2S/c1-25-6-5-21-8-9(7-19)22-15(24)13-14(20)26-16(23-13)12-10(17)3-2-4-11(12)18/h2-4,7-9,19H,5-6,20H2,1H3,(H,22,24). The summed E-state index contributed by atoms with van der Waals surface area (Å²) in [5, 5.41) is 9.81. The molecule has 2 aromatic rings. The summed E-state index contributed by atoms with van der Waals surface area (Å²) in [5.41, 5.74) is 5.28. The number of carbonyl (C=O) groups excluding carboxylic acids is 1. The summed E-state index contributed by atoms with van der Waals surface area (Å²) in [6, 6.07) is 2.65. The summed E-state index contributed by atoms with van der Waals surface area (Å²) in [6.45, 7) is 0.790. The molecule has 1 heterocycles. The van der Waals surface area contributed by atoms with Crippen LogP contribution in [0.15, 0.2) is 23.2 Å². The molecule has 0 aliphatic heterocycles. The molecule has 0 aliphatic carbocycles. The highest BCUT2D eigenvalue weighted by atomic mass is 32.1. The van der Waals surface area contributed by atoms with E-state index >= 15 is 0 Å². The molecule has 1 aromatic carbocycles. The number of aromatic nitrogens is 1. The Morgan fingerprint density at radius 2 is 2.19 bits per heavy atom. The minimum Gasteiger partial charge on any atom is -0.389 e. The molecule has 0 saturated carbocycles. The van der Waals surface area contributed by atoms with E-state index in [9.17, 15) is 13.6 Å². The number of amides is 1. The Balaban J connectivity index is 2.19. The molecule has 1 amide bonds. The molecule has 1 aromatic heterocycles. The summed E-state index contributed by atoms with van der Waals surface area (Å²) in [7, 11) is 1.53. The van der Waals surface area contributed by atoms with Crippen LogP contribution >= 0.6 is 11.3 Å². The number of carbonyl (C=O) groups is 1. The lowest BCUT2D eigenvalue weighted by molar-refractivity contribution is 0.0951. The van der Waals surface area contributed by atoms with Gasteiger partial charge in [0.2, 0.25) is 0 Å². The third kappa shape index (κ3) is 4.67. The summed E-state index contributed by atoms with van der Waals surface area (Å²) >= 11 is 0.802. The van der Waals surface area contributed by atoms with Gasteiger partial charge in [0, 0.05) is 19.5 Å². The van der Waals surface area contributed by atoms with E-state index in [1.807, 2.05) is 0 Å². The number of hydrogen-bond acceptors (Lipinski definition) is 7. The van der Waals surface area contributed by atoms with Gasteiger partial charge in [-0.25, -0.2) is 13.8 Å². The number of nitrogens with one attached hydrogen (secondary N) is 2. The van der Waals surface area contributed by atoms with Crippen molar-refractivity contribution in [3.63, 3.8) is 0 Å². The first kappa shape index (κ1) is 19.6. The monoisotopic (exact) mass is 381 g/mol. The van der Waals surface area contributed by atoms with Crippen LogP contribution in [0.5, 0.6) is 0 Å². The van der Waals surface area contributed by atoms with Gasteiger partial charge in [0.25, 0.3) is 5.91 Å². The summed E-state index contributed by atoms with van der Waals surface area (Å²) in [4.78, 5) is 20.3. The predicted octanol–water partition coefficient (Wildman–Crippen LogP) is 2.14. The number of halogens is 2. The molecule has 10 heteroatoms. The average Bonchev–Trinajstić information content (AvgIpc) is 2.98. The number of thiazole rings is 1. The van der Waals surface area contributed by atoms with Crippen molar-refractivity contribution in [2.75, 3.05) is 26.0 Å². The van der Waals surface area contributed by atoms with Gasteiger partial charge in [-0.2, -0.15) is 0 Å². The highest BCUT2D eigenvalue weighted by Crippen LogP contribution is 2.33. The number of benzene rings is 1. The molecule has 2 rings (SSSR count). The van der Waals surface area contributed by atoms with E-state index in [0.29, 0.717) is 13.2 Å². The van der Waals surface area contributed by atoms with Gasteiger partial charge in [-0.15, -0.1) is 0 Å². The Morgan fingerprint density at radius 1 is 1.50 bits per heavy atom. The van der Waals surface area contributed by atoms with Gasteiger partial charge in [-0.05, 0) is 12.1 Å². The summed E-state index contributed by atoms with van der Waals surface area (Å²) in [5.74, 6) is -2.27. The van der Waals surface area contributed by atoms with Gasteiger partial charge in [0.05, 0.1) is 24.8 Å². The number of nitrogen functional groups attached to an aromatic ring is 1. The molecule has 0 radical (unpaired) electrons. The summed E-state index contributed by atoms with van der Waals surface area (Å²) in [6.07, 6.45) is 2.36. The van der Waals surface area contributed by atoms with E-state index in [1.165, 1.54) is 19.4 Å². The SMILES string of the molecule is COCCN=CC(C=N)NC(=O)c1nc(-c2c(F)cccc2F)sc1N. The molecule has 1 atom stereocenters. The van der Waals surface area contributed by atoms with Crippen LogP contribution in [0.1, 0.15) is 10.5 Å². The minimum atomic E-state index is -0.798. The maximum absolute atomic E-state index is 13.9. The van der Waals surface area contributed by atoms with E-state index < -0.39 is 23.6 Å². The van der Waals surface area contributed by atoms with E-state index in [4.69, 9.17) is 15.9 Å². The van der Waals surface area contributed by atoms with Gasteiger partial charge in [0.1, 0.15) is 21.6 Å². The quantitative estimate of drug-likeness (QED) is 0.480. The van der Waals surface area contributed by atoms with Crippen molar-refractivity contribution in [3.8, 4) is 10.6 Å². The second kappa shape index (κ2) is 9.11. The van der Waals surface area contributed by atoms with Crippen LogP contribution in [0.2, 0.25) is 0 Å². The van der Waals surface area contributed by atoms with Gasteiger partial charge in [0.15, 0.2) is 5.69 Å². The number of hydrogen-bond donors (Lipinski definition) is 3. The zero-order valence-corrected chi connectivity index (χ0v) is 14.6. The number of ether oxygens (including phenoxy) is 1. The maximum atomic E-state index is 13.9. The number of nitrogens with zero attached hydrogens (tertiary/aromatic N) is 2. The lowest BCUT2D eigenvalue weighted by Crippen LogP contribution is -2.37. The lowest BCUT2D eigenvalue weighted by atomic mass is 10.2. The number of aliphatic imine (C=N–C) groups is 1. The minimum absolute atomic E-state index is 0.0141. The number of anilines is 1. The topological polar surface area (TPSA) is 113 Å². The average molecular weight is 381 g/mol. The van der Waals surface area contributed by atoms with Crippen molar-refractivity contribution in [1.29, 1.82) is 5.41 Å². The van der Waals surface area contributed by atoms with E-state index in [2.05, 4.69) is 15.3 Å². The van der Waals surface area contributed by atoms with Crippen LogP contribution in [0.4, 0.5) is 13.8 Å². The highest BCUT2D eigenvalue weighted by molar-refractivity contribution is 7.19. The van der Waals surface area contributed by atoms with Crippen molar-refractivity contribution in [2.24, 2.45) is 4.99 Å². The van der Waals surface area contributed by atoms with Crippen LogP contribution in [-0.4, -0.2) is 49.6 Å². The van der Waals surface area contributed by atoms with Gasteiger partial charge in [-0.3, -0.25) is 9.79 Å². The van der Waals surface area contributed by atoms with Gasteiger partial charge in [-0.1, -0.05) is 17.4 Å². The van der Waals surface area contributed by atoms with Gasteiger partial charge < -0.3 is 21.2 Å². The zero-order chi connectivity index (χ0) is 19.1. The smallest absolute Gasteiger partial charge is 0.273 e. The van der Waals surface area contributed by atoms with Crippen LogP contribution in [0.3, 0.4) is 0 Å². The molecule has 26 heavy (non-hydrogen) atoms. The van der Waals surface area contributed by atoms with Crippen LogP contribution in [0.25, 0.3) is 10.6 Å². The second-order valence-corrected chi connectivity index (χ2v) is 6.07. The lowest BCUT2D eigenvalue weighted by Gasteiger charge is -2.08. The van der Waals surface area contributed by atoms with E-state index in [1.54, 1.807) is 0 Å². The number of methoxy groups -OCH3 is 1. The van der Waals surface area contributed by atoms with Crippen molar-refractivity contribution in [1.82, 2.24) is 10.3 Å². The molecule has 0 spiro atoms. The fraction of sp³-hybridized carbons (Fsp3) is 0.250. The van der Waals surface area contributed by atoms with E-state index in [-0.39, 0.29) is 21.3 Å². The third-order valence-corrected chi connectivity index (χ3v) is 4.11.